The Balaban J connectivity index is 1.57. The van der Waals surface area contributed by atoms with Gasteiger partial charge in [0.1, 0.15) is 11.5 Å². The topological polar surface area (TPSA) is 63.1 Å². The Labute approximate surface area is 192 Å². The van der Waals surface area contributed by atoms with Gasteiger partial charge in [-0.15, -0.1) is 0 Å². The molecule has 4 aromatic rings. The third-order valence-electron chi connectivity index (χ3n) is 5.53. The summed E-state index contributed by atoms with van der Waals surface area (Å²) in [4.78, 5) is 25.5. The van der Waals surface area contributed by atoms with E-state index in [-0.39, 0.29) is 17.6 Å². The maximum Gasteiger partial charge on any atom is 0.268 e. The van der Waals surface area contributed by atoms with Crippen molar-refractivity contribution in [1.82, 2.24) is 9.88 Å². The van der Waals surface area contributed by atoms with Gasteiger partial charge in [0.15, 0.2) is 0 Å². The van der Waals surface area contributed by atoms with Crippen LogP contribution in [0, 0.1) is 5.82 Å². The van der Waals surface area contributed by atoms with Crippen LogP contribution in [0.1, 0.15) is 46.2 Å². The average Bonchev–Trinajstić information content (AvgIpc) is 3.20. The van der Waals surface area contributed by atoms with Crippen molar-refractivity contribution in [3.05, 3.63) is 102 Å². The van der Waals surface area contributed by atoms with Crippen molar-refractivity contribution >= 4 is 28.4 Å². The molecule has 0 spiro atoms. The molecule has 0 atom stereocenters. The molecule has 6 heteroatoms. The molecule has 0 saturated carbocycles. The summed E-state index contributed by atoms with van der Waals surface area (Å²) < 4.78 is 15.2. The largest absolute Gasteiger partial charge is 0.347 e. The van der Waals surface area contributed by atoms with E-state index in [4.69, 9.17) is 0 Å². The zero-order valence-electron chi connectivity index (χ0n) is 18.5. The Morgan fingerprint density at radius 2 is 1.67 bits per heavy atom. The van der Waals surface area contributed by atoms with Gasteiger partial charge in [0.05, 0.1) is 0 Å². The number of aromatic nitrogens is 1. The number of aryl methyl sites for hydroxylation is 1. The lowest BCUT2D eigenvalue weighted by molar-refractivity contribution is 0.0941. The molecule has 2 amide bonds. The molecule has 4 rings (SSSR count). The number of anilines is 1. The fraction of sp³-hybridized carbons (Fsp3) is 0.185. The molecule has 0 radical (unpaired) electrons. The highest BCUT2D eigenvalue weighted by Gasteiger charge is 2.16. The van der Waals surface area contributed by atoms with E-state index < -0.39 is 0 Å². The second kappa shape index (κ2) is 10.1. The molecular weight excluding hydrogens is 417 g/mol. The Bertz CT molecular complexity index is 1260. The van der Waals surface area contributed by atoms with Crippen molar-refractivity contribution < 1.29 is 14.0 Å². The quantitative estimate of drug-likeness (QED) is 0.364. The lowest BCUT2D eigenvalue weighted by atomic mass is 10.2. The molecule has 0 aliphatic rings. The lowest BCUT2D eigenvalue weighted by Crippen LogP contribution is -2.25. The number of benzene rings is 3. The summed E-state index contributed by atoms with van der Waals surface area (Å²) in [6.45, 7) is 3.30. The van der Waals surface area contributed by atoms with E-state index in [9.17, 15) is 14.0 Å². The minimum absolute atomic E-state index is 0.136. The lowest BCUT2D eigenvalue weighted by Gasteiger charge is -2.11. The second-order valence-corrected chi connectivity index (χ2v) is 7.94. The number of fused-ring (bicyclic) bond motifs is 1. The van der Waals surface area contributed by atoms with Crippen LogP contribution in [0.2, 0.25) is 0 Å². The van der Waals surface area contributed by atoms with E-state index in [0.717, 1.165) is 35.9 Å². The number of nitrogens with zero attached hydrogens (tertiary/aromatic N) is 1. The van der Waals surface area contributed by atoms with Gasteiger partial charge in [-0.05, 0) is 60.5 Å². The normalized spacial score (nSPS) is 10.8. The predicted octanol–water partition coefficient (Wildman–Crippen LogP) is 5.76. The van der Waals surface area contributed by atoms with E-state index in [1.54, 1.807) is 0 Å². The van der Waals surface area contributed by atoms with Gasteiger partial charge in [-0.3, -0.25) is 9.59 Å². The number of hydrogen-bond donors (Lipinski definition) is 2. The maximum atomic E-state index is 13.1. The van der Waals surface area contributed by atoms with Crippen LogP contribution in [0.5, 0.6) is 0 Å². The van der Waals surface area contributed by atoms with Crippen LogP contribution in [-0.2, 0) is 13.1 Å². The predicted molar refractivity (Wildman–Crippen MR) is 129 cm³/mol. The van der Waals surface area contributed by atoms with Gasteiger partial charge in [-0.25, -0.2) is 4.39 Å². The average molecular weight is 444 g/mol. The first-order valence-electron chi connectivity index (χ1n) is 11.1. The van der Waals surface area contributed by atoms with Gasteiger partial charge in [-0.1, -0.05) is 43.7 Å². The molecule has 0 aliphatic heterocycles. The summed E-state index contributed by atoms with van der Waals surface area (Å²) >= 11 is 0. The summed E-state index contributed by atoms with van der Waals surface area (Å²) in [7, 11) is 0. The summed E-state index contributed by atoms with van der Waals surface area (Å²) in [5.74, 6) is -0.844. The number of rotatable bonds is 8. The van der Waals surface area contributed by atoms with Gasteiger partial charge in [0, 0.05) is 35.2 Å². The summed E-state index contributed by atoms with van der Waals surface area (Å²) in [5, 5.41) is 6.72. The fourth-order valence-corrected chi connectivity index (χ4v) is 3.77. The van der Waals surface area contributed by atoms with E-state index in [1.165, 1.54) is 24.3 Å². The number of carbonyl (C=O) groups excluding carboxylic acids is 2. The molecular formula is C27H26FN3O2. The molecule has 5 nitrogen and oxygen atoms in total. The standard InChI is InChI=1S/C27H26FN3O2/c1-2-3-15-31-24-14-13-23(30-26(32)20-9-11-22(28)12-10-20)16-21(24)17-25(31)27(33)29-18-19-7-5-4-6-8-19/h4-14,16-17H,2-3,15,18H2,1H3,(H,29,33)(H,30,32). The minimum Gasteiger partial charge on any atom is -0.347 e. The van der Waals surface area contributed by atoms with Crippen molar-refractivity contribution in [2.45, 2.75) is 32.9 Å². The van der Waals surface area contributed by atoms with E-state index >= 15 is 0 Å². The third-order valence-corrected chi connectivity index (χ3v) is 5.53. The molecule has 0 fully saturated rings. The number of amides is 2. The first kappa shape index (κ1) is 22.3. The molecule has 168 valence electrons. The first-order chi connectivity index (χ1) is 16.0. The van der Waals surface area contributed by atoms with Crippen molar-refractivity contribution in [3.63, 3.8) is 0 Å². The zero-order chi connectivity index (χ0) is 23.2. The number of hydrogen-bond acceptors (Lipinski definition) is 2. The highest BCUT2D eigenvalue weighted by molar-refractivity contribution is 6.05. The molecule has 0 saturated heterocycles. The summed E-state index contributed by atoms with van der Waals surface area (Å²) in [6.07, 6.45) is 1.96. The highest BCUT2D eigenvalue weighted by Crippen LogP contribution is 2.25. The van der Waals surface area contributed by atoms with Crippen LogP contribution in [-0.4, -0.2) is 16.4 Å². The number of unbranched alkanes of at least 4 members (excludes halogenated alkanes) is 1. The fourth-order valence-electron chi connectivity index (χ4n) is 3.77. The SMILES string of the molecule is CCCCn1c(C(=O)NCc2ccccc2)cc2cc(NC(=O)c3ccc(F)cc3)ccc21. The van der Waals surface area contributed by atoms with Crippen molar-refractivity contribution in [2.75, 3.05) is 5.32 Å². The molecule has 33 heavy (non-hydrogen) atoms. The van der Waals surface area contributed by atoms with Crippen molar-refractivity contribution in [1.29, 1.82) is 0 Å². The van der Waals surface area contributed by atoms with Crippen LogP contribution >= 0.6 is 0 Å². The van der Waals surface area contributed by atoms with E-state index in [2.05, 4.69) is 17.6 Å². The summed E-state index contributed by atoms with van der Waals surface area (Å²) in [5.41, 5.74) is 3.55. The molecule has 3 aromatic carbocycles. The first-order valence-corrected chi connectivity index (χ1v) is 11.1. The molecule has 0 bridgehead atoms. The summed E-state index contributed by atoms with van der Waals surface area (Å²) in [6, 6.07) is 22.6. The Hall–Kier alpha value is -3.93. The van der Waals surface area contributed by atoms with Crippen LogP contribution in [0.25, 0.3) is 10.9 Å². The Kier molecular flexibility index (Phi) is 6.83. The van der Waals surface area contributed by atoms with E-state index in [0.29, 0.717) is 23.5 Å². The van der Waals surface area contributed by atoms with Gasteiger partial charge >= 0.3 is 0 Å². The number of halogens is 1. The number of carbonyl (C=O) groups is 2. The van der Waals surface area contributed by atoms with Crippen LogP contribution in [0.15, 0.2) is 78.9 Å². The second-order valence-electron chi connectivity index (χ2n) is 7.94. The van der Waals surface area contributed by atoms with Crippen LogP contribution < -0.4 is 10.6 Å². The monoisotopic (exact) mass is 443 g/mol. The third kappa shape index (κ3) is 5.29. The van der Waals surface area contributed by atoms with Crippen molar-refractivity contribution in [2.24, 2.45) is 0 Å². The molecule has 1 heterocycles. The minimum atomic E-state index is -0.389. The van der Waals surface area contributed by atoms with Gasteiger partial charge in [-0.2, -0.15) is 0 Å². The Morgan fingerprint density at radius 3 is 2.39 bits per heavy atom. The van der Waals surface area contributed by atoms with Crippen LogP contribution in [0.3, 0.4) is 0 Å². The molecule has 1 aromatic heterocycles. The van der Waals surface area contributed by atoms with E-state index in [1.807, 2.05) is 59.2 Å². The molecule has 2 N–H and O–H groups in total. The highest BCUT2D eigenvalue weighted by atomic mass is 19.1. The smallest absolute Gasteiger partial charge is 0.268 e. The van der Waals surface area contributed by atoms with Gasteiger partial charge in [0.25, 0.3) is 11.8 Å². The van der Waals surface area contributed by atoms with Gasteiger partial charge < -0.3 is 15.2 Å². The number of nitrogens with one attached hydrogen (secondary N) is 2. The molecule has 0 unspecified atom stereocenters. The maximum absolute atomic E-state index is 13.1. The van der Waals surface area contributed by atoms with Gasteiger partial charge in [0.2, 0.25) is 0 Å². The van der Waals surface area contributed by atoms with Crippen molar-refractivity contribution in [3.8, 4) is 0 Å². The van der Waals surface area contributed by atoms with Crippen LogP contribution in [0.4, 0.5) is 10.1 Å². The Morgan fingerprint density at radius 1 is 0.909 bits per heavy atom. The zero-order valence-corrected chi connectivity index (χ0v) is 18.5. The molecule has 0 aliphatic carbocycles.